The van der Waals surface area contributed by atoms with Crippen molar-refractivity contribution in [2.75, 3.05) is 19.6 Å². The van der Waals surface area contributed by atoms with Gasteiger partial charge in [-0.1, -0.05) is 41.4 Å². The Balaban J connectivity index is 1.46. The largest absolute Gasteiger partial charge is 0.461 e. The lowest BCUT2D eigenvalue weighted by Crippen LogP contribution is -2.40. The van der Waals surface area contributed by atoms with Crippen molar-refractivity contribution in [2.45, 2.75) is 32.2 Å². The van der Waals surface area contributed by atoms with Gasteiger partial charge in [0.1, 0.15) is 0 Å². The van der Waals surface area contributed by atoms with E-state index in [2.05, 4.69) is 46.6 Å². The standard InChI is InChI=1S/C22H25N3O3/c1-16-7-9-17(10-8-16)19(25-11-3-2-4-12-25)15-23-22(26)18-14-21(28-24-18)20-6-5-13-27-20/h5-10,13-14,19H,2-4,11-12,15H2,1H3,(H,23,26). The Hall–Kier alpha value is -2.86. The predicted octanol–water partition coefficient (Wildman–Crippen LogP) is 4.20. The summed E-state index contributed by atoms with van der Waals surface area (Å²) in [6, 6.07) is 13.9. The van der Waals surface area contributed by atoms with Crippen LogP contribution in [-0.4, -0.2) is 35.6 Å². The van der Waals surface area contributed by atoms with E-state index < -0.39 is 0 Å². The van der Waals surface area contributed by atoms with Gasteiger partial charge in [-0.15, -0.1) is 0 Å². The van der Waals surface area contributed by atoms with Crippen LogP contribution in [0.15, 0.2) is 57.7 Å². The number of carbonyl (C=O) groups excluding carboxylic acids is 1. The number of hydrogen-bond acceptors (Lipinski definition) is 5. The molecule has 1 aliphatic rings. The Bertz CT molecular complexity index is 894. The summed E-state index contributed by atoms with van der Waals surface area (Å²) in [7, 11) is 0. The van der Waals surface area contributed by atoms with Crippen LogP contribution in [0.3, 0.4) is 0 Å². The lowest BCUT2D eigenvalue weighted by Gasteiger charge is -2.35. The average Bonchev–Trinajstić information content (AvgIpc) is 3.42. The summed E-state index contributed by atoms with van der Waals surface area (Å²) in [6.45, 7) is 4.73. The highest BCUT2D eigenvalue weighted by molar-refractivity contribution is 5.92. The number of aryl methyl sites for hydroxylation is 1. The second-order valence-corrected chi connectivity index (χ2v) is 7.29. The van der Waals surface area contributed by atoms with Gasteiger partial charge in [0.05, 0.1) is 12.3 Å². The molecule has 3 heterocycles. The van der Waals surface area contributed by atoms with Gasteiger partial charge in [-0.05, 0) is 50.6 Å². The van der Waals surface area contributed by atoms with Gasteiger partial charge in [0.25, 0.3) is 5.91 Å². The third kappa shape index (κ3) is 4.17. The molecule has 1 saturated heterocycles. The van der Waals surface area contributed by atoms with E-state index in [1.807, 2.05) is 0 Å². The number of benzene rings is 1. The molecule has 0 radical (unpaired) electrons. The van der Waals surface area contributed by atoms with Crippen LogP contribution in [0, 0.1) is 6.92 Å². The first kappa shape index (κ1) is 18.5. The number of nitrogens with zero attached hydrogens (tertiary/aromatic N) is 2. The normalized spacial score (nSPS) is 16.0. The van der Waals surface area contributed by atoms with E-state index in [1.165, 1.54) is 30.4 Å². The highest BCUT2D eigenvalue weighted by Crippen LogP contribution is 2.25. The highest BCUT2D eigenvalue weighted by Gasteiger charge is 2.24. The van der Waals surface area contributed by atoms with Crippen LogP contribution in [0.2, 0.25) is 0 Å². The zero-order valence-electron chi connectivity index (χ0n) is 16.1. The molecule has 1 atom stereocenters. The molecule has 6 heteroatoms. The molecule has 1 amide bonds. The highest BCUT2D eigenvalue weighted by atomic mass is 16.5. The molecule has 28 heavy (non-hydrogen) atoms. The number of amides is 1. The Labute approximate surface area is 164 Å². The smallest absolute Gasteiger partial charge is 0.273 e. The second kappa shape index (κ2) is 8.44. The molecule has 0 bridgehead atoms. The summed E-state index contributed by atoms with van der Waals surface area (Å²) >= 11 is 0. The zero-order chi connectivity index (χ0) is 19.3. The molecule has 1 aliphatic heterocycles. The molecule has 2 aromatic heterocycles. The SMILES string of the molecule is Cc1ccc(C(CNC(=O)c2cc(-c3ccco3)on2)N2CCCCC2)cc1. The van der Waals surface area contributed by atoms with Crippen LogP contribution in [0.25, 0.3) is 11.5 Å². The van der Waals surface area contributed by atoms with Crippen LogP contribution < -0.4 is 5.32 Å². The molecule has 4 rings (SSSR count). The third-order valence-electron chi connectivity index (χ3n) is 5.26. The molecular formula is C22H25N3O3. The first-order valence-electron chi connectivity index (χ1n) is 9.80. The summed E-state index contributed by atoms with van der Waals surface area (Å²) in [5, 5.41) is 6.92. The molecule has 0 saturated carbocycles. The van der Waals surface area contributed by atoms with E-state index in [-0.39, 0.29) is 17.6 Å². The Morgan fingerprint density at radius 3 is 2.64 bits per heavy atom. The number of furan rings is 1. The monoisotopic (exact) mass is 379 g/mol. The lowest BCUT2D eigenvalue weighted by atomic mass is 10.0. The Kier molecular flexibility index (Phi) is 5.58. The number of nitrogens with one attached hydrogen (secondary N) is 1. The first-order valence-corrected chi connectivity index (χ1v) is 9.80. The van der Waals surface area contributed by atoms with Gasteiger partial charge >= 0.3 is 0 Å². The van der Waals surface area contributed by atoms with Crippen molar-refractivity contribution in [3.63, 3.8) is 0 Å². The van der Waals surface area contributed by atoms with E-state index in [1.54, 1.807) is 24.5 Å². The van der Waals surface area contributed by atoms with Gasteiger partial charge in [-0.3, -0.25) is 9.69 Å². The van der Waals surface area contributed by atoms with Crippen molar-refractivity contribution in [3.8, 4) is 11.5 Å². The minimum absolute atomic E-state index is 0.154. The summed E-state index contributed by atoms with van der Waals surface area (Å²) in [6.07, 6.45) is 5.23. The molecule has 1 fully saturated rings. The molecule has 1 N–H and O–H groups in total. The maximum Gasteiger partial charge on any atom is 0.273 e. The second-order valence-electron chi connectivity index (χ2n) is 7.29. The number of rotatable bonds is 6. The van der Waals surface area contributed by atoms with Crippen molar-refractivity contribution in [3.05, 3.63) is 65.5 Å². The van der Waals surface area contributed by atoms with E-state index in [0.29, 0.717) is 18.1 Å². The molecule has 0 aliphatic carbocycles. The van der Waals surface area contributed by atoms with Crippen molar-refractivity contribution in [1.82, 2.24) is 15.4 Å². The topological polar surface area (TPSA) is 71.5 Å². The number of likely N-dealkylation sites (tertiary alicyclic amines) is 1. The minimum atomic E-state index is -0.240. The fraction of sp³-hybridized carbons (Fsp3) is 0.364. The van der Waals surface area contributed by atoms with Gasteiger partial charge in [-0.25, -0.2) is 0 Å². The van der Waals surface area contributed by atoms with Crippen LogP contribution in [0.5, 0.6) is 0 Å². The Morgan fingerprint density at radius 2 is 1.93 bits per heavy atom. The summed E-state index contributed by atoms with van der Waals surface area (Å²) in [5.74, 6) is 0.759. The summed E-state index contributed by atoms with van der Waals surface area (Å²) < 4.78 is 10.5. The van der Waals surface area contributed by atoms with Crippen LogP contribution in [-0.2, 0) is 0 Å². The number of piperidine rings is 1. The zero-order valence-corrected chi connectivity index (χ0v) is 16.1. The van der Waals surface area contributed by atoms with Gasteiger partial charge in [0.15, 0.2) is 11.5 Å². The van der Waals surface area contributed by atoms with E-state index >= 15 is 0 Å². The van der Waals surface area contributed by atoms with Gasteiger partial charge in [0, 0.05) is 12.6 Å². The van der Waals surface area contributed by atoms with Crippen LogP contribution >= 0.6 is 0 Å². The van der Waals surface area contributed by atoms with Gasteiger partial charge < -0.3 is 14.3 Å². The van der Waals surface area contributed by atoms with Crippen molar-refractivity contribution >= 4 is 5.91 Å². The minimum Gasteiger partial charge on any atom is -0.461 e. The molecular weight excluding hydrogens is 354 g/mol. The molecule has 3 aromatic rings. The van der Waals surface area contributed by atoms with E-state index in [0.717, 1.165) is 13.1 Å². The number of carbonyl (C=O) groups is 1. The van der Waals surface area contributed by atoms with Crippen molar-refractivity contribution in [2.24, 2.45) is 0 Å². The van der Waals surface area contributed by atoms with Crippen LogP contribution in [0.4, 0.5) is 0 Å². The Morgan fingerprint density at radius 1 is 1.14 bits per heavy atom. The van der Waals surface area contributed by atoms with Crippen molar-refractivity contribution in [1.29, 1.82) is 0 Å². The van der Waals surface area contributed by atoms with E-state index in [4.69, 9.17) is 8.94 Å². The average molecular weight is 379 g/mol. The number of aromatic nitrogens is 1. The number of hydrogen-bond donors (Lipinski definition) is 1. The quantitative estimate of drug-likeness (QED) is 0.695. The molecule has 1 unspecified atom stereocenters. The molecule has 0 spiro atoms. The predicted molar refractivity (Wildman–Crippen MR) is 106 cm³/mol. The van der Waals surface area contributed by atoms with Gasteiger partial charge in [-0.2, -0.15) is 0 Å². The maximum absolute atomic E-state index is 12.6. The molecule has 146 valence electrons. The van der Waals surface area contributed by atoms with Crippen LogP contribution in [0.1, 0.15) is 46.9 Å². The maximum atomic E-state index is 12.6. The lowest BCUT2D eigenvalue weighted by molar-refractivity contribution is 0.0915. The molecule has 1 aromatic carbocycles. The summed E-state index contributed by atoms with van der Waals surface area (Å²) in [4.78, 5) is 15.1. The summed E-state index contributed by atoms with van der Waals surface area (Å²) in [5.41, 5.74) is 2.72. The fourth-order valence-electron chi connectivity index (χ4n) is 3.67. The van der Waals surface area contributed by atoms with E-state index in [9.17, 15) is 4.79 Å². The first-order chi connectivity index (χ1) is 13.7. The van der Waals surface area contributed by atoms with Crippen molar-refractivity contribution < 1.29 is 13.7 Å². The third-order valence-corrected chi connectivity index (χ3v) is 5.26. The van der Waals surface area contributed by atoms with Gasteiger partial charge in [0.2, 0.25) is 5.76 Å². The molecule has 6 nitrogen and oxygen atoms in total. The fourth-order valence-corrected chi connectivity index (χ4v) is 3.67.